The van der Waals surface area contributed by atoms with E-state index in [2.05, 4.69) is 0 Å². The molecule has 6 nitrogen and oxygen atoms in total. The van der Waals surface area contributed by atoms with Crippen molar-refractivity contribution in [2.45, 2.75) is 13.8 Å². The summed E-state index contributed by atoms with van der Waals surface area (Å²) in [5.74, 6) is 0.565. The standard InChI is InChI=1S/C22H16N2O4S2/c1-13-6-5-7-14(2)20(13)23-21(25)19(30-22(23)29)12-15-10-11-18(28-15)16-8-3-4-9-17(16)24(26)27/h3-12H,1-2H3/b19-12+. The van der Waals surface area contributed by atoms with Gasteiger partial charge in [0.1, 0.15) is 11.5 Å². The van der Waals surface area contributed by atoms with E-state index in [4.69, 9.17) is 16.6 Å². The van der Waals surface area contributed by atoms with Gasteiger partial charge in [-0.05, 0) is 43.2 Å². The first kappa shape index (κ1) is 20.1. The Kier molecular flexibility index (Phi) is 5.27. The van der Waals surface area contributed by atoms with E-state index in [1.54, 1.807) is 41.3 Å². The Morgan fingerprint density at radius 2 is 1.77 bits per heavy atom. The highest BCUT2D eigenvalue weighted by Gasteiger charge is 2.35. The fraction of sp³-hybridized carbons (Fsp3) is 0.0909. The number of nitrogens with zero attached hydrogens (tertiary/aromatic N) is 2. The molecule has 1 aliphatic rings. The van der Waals surface area contributed by atoms with Gasteiger partial charge in [-0.25, -0.2) is 0 Å². The number of rotatable bonds is 4. The number of anilines is 1. The van der Waals surface area contributed by atoms with E-state index in [1.165, 1.54) is 17.8 Å². The molecule has 2 heterocycles. The number of thioether (sulfide) groups is 1. The lowest BCUT2D eigenvalue weighted by Gasteiger charge is -2.19. The summed E-state index contributed by atoms with van der Waals surface area (Å²) >= 11 is 6.66. The molecule has 0 spiro atoms. The molecule has 1 fully saturated rings. The van der Waals surface area contributed by atoms with Crippen molar-refractivity contribution < 1.29 is 14.1 Å². The van der Waals surface area contributed by atoms with Gasteiger partial charge in [-0.1, -0.05) is 54.3 Å². The predicted octanol–water partition coefficient (Wildman–Crippen LogP) is 5.88. The summed E-state index contributed by atoms with van der Waals surface area (Å²) in [6, 6.07) is 15.5. The van der Waals surface area contributed by atoms with Crippen molar-refractivity contribution in [2.75, 3.05) is 4.90 Å². The van der Waals surface area contributed by atoms with Crippen LogP contribution in [0, 0.1) is 24.0 Å². The maximum absolute atomic E-state index is 13.1. The number of nitro groups is 1. The van der Waals surface area contributed by atoms with Gasteiger partial charge in [-0.3, -0.25) is 19.8 Å². The lowest BCUT2D eigenvalue weighted by Crippen LogP contribution is -2.29. The summed E-state index contributed by atoms with van der Waals surface area (Å²) in [4.78, 5) is 25.9. The first-order valence-corrected chi connectivity index (χ1v) is 10.3. The van der Waals surface area contributed by atoms with Crippen LogP contribution >= 0.6 is 24.0 Å². The van der Waals surface area contributed by atoms with Gasteiger partial charge >= 0.3 is 0 Å². The van der Waals surface area contributed by atoms with Gasteiger partial charge in [0.05, 0.1) is 21.1 Å². The zero-order chi connectivity index (χ0) is 21.4. The highest BCUT2D eigenvalue weighted by molar-refractivity contribution is 8.27. The van der Waals surface area contributed by atoms with Crippen molar-refractivity contribution in [1.82, 2.24) is 0 Å². The van der Waals surface area contributed by atoms with Gasteiger partial charge in [0.15, 0.2) is 4.32 Å². The molecule has 0 atom stereocenters. The molecule has 1 saturated heterocycles. The van der Waals surface area contributed by atoms with Gasteiger partial charge < -0.3 is 4.42 Å². The van der Waals surface area contributed by atoms with E-state index in [9.17, 15) is 14.9 Å². The molecule has 4 rings (SSSR count). The van der Waals surface area contributed by atoms with Gasteiger partial charge in [0.2, 0.25) is 0 Å². The Morgan fingerprint density at radius 1 is 1.07 bits per heavy atom. The number of benzene rings is 2. The highest BCUT2D eigenvalue weighted by Crippen LogP contribution is 2.39. The topological polar surface area (TPSA) is 76.6 Å². The fourth-order valence-corrected chi connectivity index (χ4v) is 4.62. The molecule has 0 N–H and O–H groups in total. The van der Waals surface area contributed by atoms with Gasteiger partial charge in [-0.2, -0.15) is 0 Å². The van der Waals surface area contributed by atoms with Gasteiger partial charge in [0.25, 0.3) is 11.6 Å². The Balaban J connectivity index is 1.67. The van der Waals surface area contributed by atoms with Crippen molar-refractivity contribution in [2.24, 2.45) is 0 Å². The number of amides is 1. The van der Waals surface area contributed by atoms with Crippen LogP contribution in [0.2, 0.25) is 0 Å². The van der Waals surface area contributed by atoms with Crippen molar-refractivity contribution in [3.63, 3.8) is 0 Å². The number of carbonyl (C=O) groups is 1. The largest absolute Gasteiger partial charge is 0.456 e. The lowest BCUT2D eigenvalue weighted by atomic mass is 10.1. The summed E-state index contributed by atoms with van der Waals surface area (Å²) in [6.45, 7) is 3.88. The minimum atomic E-state index is -0.451. The Bertz CT molecular complexity index is 1210. The maximum Gasteiger partial charge on any atom is 0.280 e. The van der Waals surface area contributed by atoms with Crippen LogP contribution < -0.4 is 4.90 Å². The minimum Gasteiger partial charge on any atom is -0.456 e. The second-order valence-corrected chi connectivity index (χ2v) is 8.41. The fourth-order valence-electron chi connectivity index (χ4n) is 3.36. The van der Waals surface area contributed by atoms with E-state index in [0.717, 1.165) is 16.8 Å². The molecule has 1 amide bonds. The molecule has 0 unspecified atom stereocenters. The normalized spacial score (nSPS) is 15.3. The molecular formula is C22H16N2O4S2. The van der Waals surface area contributed by atoms with E-state index < -0.39 is 4.92 Å². The Labute approximate surface area is 182 Å². The molecule has 2 aromatic carbocycles. The van der Waals surface area contributed by atoms with E-state index >= 15 is 0 Å². The van der Waals surface area contributed by atoms with Crippen LogP contribution in [-0.4, -0.2) is 15.2 Å². The average molecular weight is 437 g/mol. The predicted molar refractivity (Wildman–Crippen MR) is 122 cm³/mol. The van der Waals surface area contributed by atoms with E-state index in [-0.39, 0.29) is 11.6 Å². The highest BCUT2D eigenvalue weighted by atomic mass is 32.2. The van der Waals surface area contributed by atoms with Crippen LogP contribution in [0.15, 0.2) is 63.9 Å². The van der Waals surface area contributed by atoms with Crippen molar-refractivity contribution in [1.29, 1.82) is 0 Å². The summed E-state index contributed by atoms with van der Waals surface area (Å²) in [5, 5.41) is 11.3. The van der Waals surface area contributed by atoms with Crippen molar-refractivity contribution in [3.8, 4) is 11.3 Å². The number of nitro benzene ring substituents is 1. The van der Waals surface area contributed by atoms with Crippen LogP contribution in [0.4, 0.5) is 11.4 Å². The summed E-state index contributed by atoms with van der Waals surface area (Å²) in [7, 11) is 0. The van der Waals surface area contributed by atoms with E-state index in [0.29, 0.717) is 26.3 Å². The molecule has 0 saturated carbocycles. The molecule has 8 heteroatoms. The third kappa shape index (κ3) is 3.55. The summed E-state index contributed by atoms with van der Waals surface area (Å²) in [5.41, 5.74) is 3.06. The van der Waals surface area contributed by atoms with E-state index in [1.807, 2.05) is 32.0 Å². The molecule has 1 aromatic heterocycles. The molecule has 30 heavy (non-hydrogen) atoms. The SMILES string of the molecule is Cc1cccc(C)c1N1C(=O)/C(=C\c2ccc(-c3ccccc3[N+](=O)[O-])o2)SC1=S. The lowest BCUT2D eigenvalue weighted by molar-refractivity contribution is -0.384. The summed E-state index contributed by atoms with van der Waals surface area (Å²) < 4.78 is 6.24. The third-order valence-electron chi connectivity index (χ3n) is 4.72. The minimum absolute atomic E-state index is 0.0419. The van der Waals surface area contributed by atoms with Gasteiger partial charge in [0, 0.05) is 12.1 Å². The average Bonchev–Trinajstić information content (AvgIpc) is 3.28. The molecule has 1 aliphatic heterocycles. The first-order chi connectivity index (χ1) is 14.4. The number of carbonyl (C=O) groups excluding carboxylic acids is 1. The molecule has 0 bridgehead atoms. The second kappa shape index (κ2) is 7.89. The number of hydrogen-bond acceptors (Lipinski definition) is 6. The number of furan rings is 1. The van der Waals surface area contributed by atoms with Crippen LogP contribution in [0.3, 0.4) is 0 Å². The quantitative estimate of drug-likeness (QED) is 0.220. The smallest absolute Gasteiger partial charge is 0.280 e. The molecule has 150 valence electrons. The Morgan fingerprint density at radius 3 is 2.47 bits per heavy atom. The number of para-hydroxylation sites is 2. The first-order valence-electron chi connectivity index (χ1n) is 9.04. The van der Waals surface area contributed by atoms with Crippen LogP contribution in [-0.2, 0) is 4.79 Å². The third-order valence-corrected chi connectivity index (χ3v) is 6.03. The van der Waals surface area contributed by atoms with Crippen LogP contribution in [0.5, 0.6) is 0 Å². The molecule has 0 radical (unpaired) electrons. The molecular weight excluding hydrogens is 420 g/mol. The molecule has 0 aliphatic carbocycles. The molecule has 3 aromatic rings. The summed E-state index contributed by atoms with van der Waals surface area (Å²) in [6.07, 6.45) is 1.62. The van der Waals surface area contributed by atoms with Crippen molar-refractivity contribution in [3.05, 3.63) is 86.5 Å². The van der Waals surface area contributed by atoms with Crippen molar-refractivity contribution >= 4 is 51.7 Å². The number of thiocarbonyl (C=S) groups is 1. The zero-order valence-electron chi connectivity index (χ0n) is 16.1. The van der Waals surface area contributed by atoms with Crippen LogP contribution in [0.1, 0.15) is 16.9 Å². The Hall–Kier alpha value is -3.23. The zero-order valence-corrected chi connectivity index (χ0v) is 17.8. The van der Waals surface area contributed by atoms with Crippen LogP contribution in [0.25, 0.3) is 17.4 Å². The van der Waals surface area contributed by atoms with Gasteiger partial charge in [-0.15, -0.1) is 0 Å². The maximum atomic E-state index is 13.1. The number of hydrogen-bond donors (Lipinski definition) is 0. The monoisotopic (exact) mass is 436 g/mol. The second-order valence-electron chi connectivity index (χ2n) is 6.73. The number of aryl methyl sites for hydroxylation is 2.